The molecule has 4 unspecified atom stereocenters. The van der Waals surface area contributed by atoms with Gasteiger partial charge in [-0.2, -0.15) is 24.4 Å². The second-order valence-corrected chi connectivity index (χ2v) is 8.32. The highest BCUT2D eigenvalue weighted by molar-refractivity contribution is 7.98. The van der Waals surface area contributed by atoms with Crippen molar-refractivity contribution in [2.75, 3.05) is 24.4 Å². The molecule has 0 saturated carbocycles. The topological polar surface area (TPSA) is 171 Å². The van der Waals surface area contributed by atoms with E-state index in [-0.39, 0.29) is 12.2 Å². The van der Waals surface area contributed by atoms with Crippen LogP contribution in [-0.4, -0.2) is 82.4 Å². The fraction of sp³-hybridized carbons (Fsp3) is 0.500. The van der Waals surface area contributed by atoms with Gasteiger partial charge in [-0.3, -0.25) is 14.4 Å². The number of hydrogen-bond acceptors (Lipinski definition) is 8. The van der Waals surface area contributed by atoms with Gasteiger partial charge in [0.1, 0.15) is 18.1 Å². The maximum Gasteiger partial charge on any atom is 0.327 e. The van der Waals surface area contributed by atoms with E-state index in [4.69, 9.17) is 10.8 Å². The Kier molecular flexibility index (Phi) is 12.8. The minimum Gasteiger partial charge on any atom is -0.480 e. The first-order valence-corrected chi connectivity index (χ1v) is 11.9. The molecule has 7 N–H and O–H groups in total. The molecule has 1 rings (SSSR count). The minimum absolute atomic E-state index is 0.127. The number of hydrogen-bond donors (Lipinski definition) is 7. The summed E-state index contributed by atoms with van der Waals surface area (Å²) in [7, 11) is 0. The standard InChI is InChI=1S/C20H30N4O6S2/c1-32-8-7-13(21)17(26)22-14(9-12-5-3-2-4-6-12)18(27)23-15(10-25)19(28)24-16(11-31)20(29)30/h2-6,13-16,25,31H,7-11,21H2,1H3,(H,22,26)(H,23,27)(H,24,28)(H,29,30). The van der Waals surface area contributed by atoms with Gasteiger partial charge in [-0.15, -0.1) is 0 Å². The first-order valence-electron chi connectivity index (χ1n) is 9.87. The average molecular weight is 487 g/mol. The normalized spacial score (nSPS) is 14.5. The highest BCUT2D eigenvalue weighted by Gasteiger charge is 2.29. The number of nitrogens with one attached hydrogen (secondary N) is 3. The van der Waals surface area contributed by atoms with Gasteiger partial charge in [0.2, 0.25) is 17.7 Å². The Morgan fingerprint density at radius 3 is 2.09 bits per heavy atom. The quantitative estimate of drug-likeness (QED) is 0.160. The zero-order valence-corrected chi connectivity index (χ0v) is 19.4. The molecule has 0 radical (unpaired) electrons. The molecule has 0 heterocycles. The summed E-state index contributed by atoms with van der Waals surface area (Å²) >= 11 is 5.40. The molecule has 12 heteroatoms. The molecule has 0 aliphatic heterocycles. The molecule has 178 valence electrons. The fourth-order valence-electron chi connectivity index (χ4n) is 2.64. The molecular weight excluding hydrogens is 456 g/mol. The molecule has 3 amide bonds. The second-order valence-electron chi connectivity index (χ2n) is 6.96. The number of aliphatic hydroxyl groups is 1. The Labute approximate surface area is 196 Å². The number of thioether (sulfide) groups is 1. The van der Waals surface area contributed by atoms with Gasteiger partial charge >= 0.3 is 5.97 Å². The molecule has 0 saturated heterocycles. The number of benzene rings is 1. The third-order valence-electron chi connectivity index (χ3n) is 4.50. The molecule has 0 fully saturated rings. The van der Waals surface area contributed by atoms with Crippen LogP contribution >= 0.6 is 24.4 Å². The molecular formula is C20H30N4O6S2. The first-order chi connectivity index (χ1) is 15.2. The van der Waals surface area contributed by atoms with Gasteiger partial charge < -0.3 is 31.9 Å². The van der Waals surface area contributed by atoms with E-state index in [1.807, 2.05) is 12.3 Å². The van der Waals surface area contributed by atoms with Crippen molar-refractivity contribution in [2.24, 2.45) is 5.73 Å². The molecule has 0 aromatic heterocycles. The smallest absolute Gasteiger partial charge is 0.327 e. The number of carboxylic acid groups (broad SMARTS) is 1. The highest BCUT2D eigenvalue weighted by atomic mass is 32.2. The number of nitrogens with two attached hydrogens (primary N) is 1. The van der Waals surface area contributed by atoms with Crippen molar-refractivity contribution in [2.45, 2.75) is 37.0 Å². The van der Waals surface area contributed by atoms with Crippen LogP contribution < -0.4 is 21.7 Å². The predicted molar refractivity (Wildman–Crippen MR) is 125 cm³/mol. The number of thiol groups is 1. The number of carboxylic acids is 1. The zero-order chi connectivity index (χ0) is 24.1. The Morgan fingerprint density at radius 1 is 1.00 bits per heavy atom. The Hall–Kier alpha value is -2.28. The van der Waals surface area contributed by atoms with Crippen LogP contribution in [0.25, 0.3) is 0 Å². The molecule has 1 aromatic carbocycles. The van der Waals surface area contributed by atoms with Crippen molar-refractivity contribution in [3.63, 3.8) is 0 Å². The molecule has 0 bridgehead atoms. The number of amides is 3. The zero-order valence-electron chi connectivity index (χ0n) is 17.7. The van der Waals surface area contributed by atoms with E-state index in [1.54, 1.807) is 24.3 Å². The van der Waals surface area contributed by atoms with Crippen LogP contribution in [0, 0.1) is 0 Å². The van der Waals surface area contributed by atoms with Gasteiger partial charge in [-0.1, -0.05) is 30.3 Å². The van der Waals surface area contributed by atoms with E-state index >= 15 is 0 Å². The van der Waals surface area contributed by atoms with E-state index in [0.29, 0.717) is 12.2 Å². The van der Waals surface area contributed by atoms with Crippen LogP contribution in [-0.2, 0) is 25.6 Å². The van der Waals surface area contributed by atoms with E-state index in [2.05, 4.69) is 28.6 Å². The van der Waals surface area contributed by atoms with Gasteiger partial charge in [-0.05, 0) is 24.0 Å². The molecule has 32 heavy (non-hydrogen) atoms. The lowest BCUT2D eigenvalue weighted by atomic mass is 10.0. The summed E-state index contributed by atoms with van der Waals surface area (Å²) in [5.41, 5.74) is 6.66. The van der Waals surface area contributed by atoms with Gasteiger partial charge in [0, 0.05) is 12.2 Å². The number of rotatable bonds is 14. The number of carbonyl (C=O) groups is 4. The Balaban J connectivity index is 2.93. The third kappa shape index (κ3) is 9.47. The molecule has 0 spiro atoms. The summed E-state index contributed by atoms with van der Waals surface area (Å²) in [6, 6.07) is 4.36. The lowest BCUT2D eigenvalue weighted by molar-refractivity contribution is -0.142. The molecule has 1 aromatic rings. The first kappa shape index (κ1) is 27.8. The van der Waals surface area contributed by atoms with Crippen molar-refractivity contribution < 1.29 is 29.4 Å². The van der Waals surface area contributed by atoms with Crippen molar-refractivity contribution in [1.82, 2.24) is 16.0 Å². The van der Waals surface area contributed by atoms with Gasteiger partial charge in [0.15, 0.2) is 0 Å². The van der Waals surface area contributed by atoms with Crippen molar-refractivity contribution in [1.29, 1.82) is 0 Å². The maximum atomic E-state index is 12.9. The van der Waals surface area contributed by atoms with Crippen LogP contribution in [0.5, 0.6) is 0 Å². The molecule has 10 nitrogen and oxygen atoms in total. The molecule has 0 aliphatic rings. The predicted octanol–water partition coefficient (Wildman–Crippen LogP) is -1.23. The van der Waals surface area contributed by atoms with Crippen molar-refractivity contribution in [3.05, 3.63) is 35.9 Å². The number of carbonyl (C=O) groups excluding carboxylic acids is 3. The van der Waals surface area contributed by atoms with Gasteiger partial charge in [0.25, 0.3) is 0 Å². The third-order valence-corrected chi connectivity index (χ3v) is 5.51. The molecule has 0 aliphatic carbocycles. The van der Waals surface area contributed by atoms with Crippen molar-refractivity contribution >= 4 is 48.1 Å². The lowest BCUT2D eigenvalue weighted by Crippen LogP contribution is -2.58. The van der Waals surface area contributed by atoms with E-state index in [1.165, 1.54) is 11.8 Å². The Bertz CT molecular complexity index is 768. The maximum absolute atomic E-state index is 12.9. The van der Waals surface area contributed by atoms with Crippen molar-refractivity contribution in [3.8, 4) is 0 Å². The van der Waals surface area contributed by atoms with Gasteiger partial charge in [-0.25, -0.2) is 4.79 Å². The summed E-state index contributed by atoms with van der Waals surface area (Å²) in [4.78, 5) is 48.8. The summed E-state index contributed by atoms with van der Waals surface area (Å²) in [6.45, 7) is -0.768. The second kappa shape index (κ2) is 14.7. The monoisotopic (exact) mass is 486 g/mol. The highest BCUT2D eigenvalue weighted by Crippen LogP contribution is 2.06. The van der Waals surface area contributed by atoms with Crippen LogP contribution in [0.3, 0.4) is 0 Å². The summed E-state index contributed by atoms with van der Waals surface area (Å²) in [6.07, 6.45) is 2.44. The van der Waals surface area contributed by atoms with E-state index in [9.17, 15) is 24.3 Å². The van der Waals surface area contributed by atoms with Crippen LogP contribution in [0.2, 0.25) is 0 Å². The Morgan fingerprint density at radius 2 is 1.56 bits per heavy atom. The van der Waals surface area contributed by atoms with Crippen LogP contribution in [0.15, 0.2) is 30.3 Å². The fourth-order valence-corrected chi connectivity index (χ4v) is 3.38. The summed E-state index contributed by atoms with van der Waals surface area (Å²) in [5, 5.41) is 25.8. The summed E-state index contributed by atoms with van der Waals surface area (Å²) in [5.74, 6) is -2.92. The van der Waals surface area contributed by atoms with Crippen LogP contribution in [0.1, 0.15) is 12.0 Å². The van der Waals surface area contributed by atoms with Gasteiger partial charge in [0.05, 0.1) is 12.6 Å². The minimum atomic E-state index is -1.41. The summed E-state index contributed by atoms with van der Waals surface area (Å²) < 4.78 is 0. The lowest BCUT2D eigenvalue weighted by Gasteiger charge is -2.24. The molecule has 4 atom stereocenters. The van der Waals surface area contributed by atoms with E-state index in [0.717, 1.165) is 5.56 Å². The average Bonchev–Trinajstić information content (AvgIpc) is 2.78. The number of aliphatic carboxylic acids is 1. The number of aliphatic hydroxyl groups excluding tert-OH is 1. The largest absolute Gasteiger partial charge is 0.480 e. The SMILES string of the molecule is CSCCC(N)C(=O)NC(Cc1ccccc1)C(=O)NC(CO)C(=O)NC(CS)C(=O)O. The van der Waals surface area contributed by atoms with Crippen LogP contribution in [0.4, 0.5) is 0 Å². The van der Waals surface area contributed by atoms with E-state index < -0.39 is 54.5 Å².